The lowest BCUT2D eigenvalue weighted by molar-refractivity contribution is 0.722. The van der Waals surface area contributed by atoms with Gasteiger partial charge in [0.1, 0.15) is 0 Å². The minimum absolute atomic E-state index is 0.407. The van der Waals surface area contributed by atoms with Crippen molar-refractivity contribution >= 4 is 23.5 Å². The van der Waals surface area contributed by atoms with Crippen molar-refractivity contribution in [2.24, 2.45) is 0 Å². The van der Waals surface area contributed by atoms with Gasteiger partial charge in [0, 0.05) is 53.0 Å². The first-order valence-electron chi connectivity index (χ1n) is 38.2. The summed E-state index contributed by atoms with van der Waals surface area (Å²) in [7, 11) is 0. The zero-order valence-electron chi connectivity index (χ0n) is 60.7. The standard InChI is InChI=1S/C106H66N4S2/c1-4-24-71(25-5-1)95-65-96(108-103(107-95)74-26-6-2-7-27-74)73-54-50-69(51-55-73)79-30-10-11-32-81(79)78-58-61-94-102(64-78)112-100-43-23-21-41-92(100)106(94)89-39-19-16-35-84(89)86-62-76(56-59-90(86)106)67-46-52-72(53-47-67)97-66-98(110-104(109-97)75-28-8-3-9-29-75)85-36-13-12-31-80(85)70-48-44-68(45-49-70)77-57-60-93-101(63-77)111-99-42-22-20-40-91(99)105(93)87-37-17-14-33-82(87)83-34-15-18-38-88(83)105/h1-66H. The van der Waals surface area contributed by atoms with Crippen molar-refractivity contribution in [3.63, 3.8) is 0 Å². The summed E-state index contributed by atoms with van der Waals surface area (Å²) in [5.41, 5.74) is 35.8. The second-order valence-electron chi connectivity index (χ2n) is 29.4. The highest BCUT2D eigenvalue weighted by Crippen LogP contribution is 2.65. The molecule has 4 heterocycles. The summed E-state index contributed by atoms with van der Waals surface area (Å²) < 4.78 is 0. The smallest absolute Gasteiger partial charge is 0.160 e. The molecule has 22 rings (SSSR count). The van der Waals surface area contributed by atoms with Gasteiger partial charge in [0.25, 0.3) is 0 Å². The normalized spacial score (nSPS) is 14.1. The van der Waals surface area contributed by atoms with Gasteiger partial charge in [0.15, 0.2) is 11.6 Å². The van der Waals surface area contributed by atoms with Crippen LogP contribution in [0, 0.1) is 0 Å². The zero-order chi connectivity index (χ0) is 73.9. The minimum atomic E-state index is -0.553. The van der Waals surface area contributed by atoms with Crippen LogP contribution in [0.3, 0.4) is 0 Å². The van der Waals surface area contributed by atoms with E-state index in [4.69, 9.17) is 19.9 Å². The second kappa shape index (κ2) is 26.6. The molecule has 4 nitrogen and oxygen atoms in total. The monoisotopic (exact) mass is 1460 g/mol. The SMILES string of the molecule is c1ccc(-c2cc(-c3ccc(-c4ccccc4-c4ccc5c(c4)Sc4ccccc4C54c5ccccc5-c5cc(-c6ccc(-c7cc(-c8ccccc8-c8ccc(-c9ccc%10c(c9)Sc9ccccc9C%109c%10ccccc%10-c%10ccccc%109)cc8)nc(-c8ccccc8)n7)cc6)ccc54)cc3)nc(-c3ccccc3)n2)cc1. The zero-order valence-corrected chi connectivity index (χ0v) is 62.3. The van der Waals surface area contributed by atoms with Crippen LogP contribution < -0.4 is 0 Å². The third-order valence-corrected chi connectivity index (χ3v) is 25.6. The van der Waals surface area contributed by atoms with Crippen molar-refractivity contribution in [2.45, 2.75) is 30.4 Å². The molecular formula is C106H66N4S2. The number of nitrogens with zero attached hydrogens (tertiary/aromatic N) is 4. The summed E-state index contributed by atoms with van der Waals surface area (Å²) in [6.07, 6.45) is 0. The Labute approximate surface area is 659 Å². The molecule has 2 aromatic heterocycles. The Kier molecular flexibility index (Phi) is 15.6. The fourth-order valence-corrected chi connectivity index (χ4v) is 20.7. The van der Waals surface area contributed by atoms with Gasteiger partial charge in [-0.2, -0.15) is 0 Å². The lowest BCUT2D eigenvalue weighted by Gasteiger charge is -2.40. The Morgan fingerprint density at radius 3 is 0.902 bits per heavy atom. The van der Waals surface area contributed by atoms with Crippen LogP contribution >= 0.6 is 23.5 Å². The maximum absolute atomic E-state index is 5.39. The van der Waals surface area contributed by atoms with E-state index in [1.807, 2.05) is 53.9 Å². The van der Waals surface area contributed by atoms with E-state index >= 15 is 0 Å². The summed E-state index contributed by atoms with van der Waals surface area (Å²) in [5.74, 6) is 1.38. The summed E-state index contributed by atoms with van der Waals surface area (Å²) in [5, 5.41) is 0. The Hall–Kier alpha value is -13.6. The van der Waals surface area contributed by atoms with Gasteiger partial charge in [-0.1, -0.05) is 381 Å². The summed E-state index contributed by atoms with van der Waals surface area (Å²) in [4.78, 5) is 26.0. The predicted molar refractivity (Wildman–Crippen MR) is 460 cm³/mol. The molecule has 16 aromatic carbocycles. The fraction of sp³-hybridized carbons (Fsp3) is 0.0189. The van der Waals surface area contributed by atoms with E-state index in [9.17, 15) is 0 Å². The maximum Gasteiger partial charge on any atom is 0.160 e. The van der Waals surface area contributed by atoms with E-state index in [2.05, 4.69) is 370 Å². The van der Waals surface area contributed by atoms with Crippen molar-refractivity contribution in [1.82, 2.24) is 19.9 Å². The molecule has 0 saturated heterocycles. The van der Waals surface area contributed by atoms with Crippen LogP contribution in [0.4, 0.5) is 0 Å². The molecule has 6 heteroatoms. The lowest BCUT2D eigenvalue weighted by atomic mass is 9.67. The number of hydrogen-bond donors (Lipinski definition) is 0. The third kappa shape index (κ3) is 10.5. The van der Waals surface area contributed by atoms with Gasteiger partial charge >= 0.3 is 0 Å². The van der Waals surface area contributed by atoms with Gasteiger partial charge in [-0.15, -0.1) is 0 Å². The van der Waals surface area contributed by atoms with Crippen molar-refractivity contribution in [1.29, 1.82) is 0 Å². The van der Waals surface area contributed by atoms with Crippen molar-refractivity contribution < 1.29 is 0 Å². The third-order valence-electron chi connectivity index (χ3n) is 23.4. The first-order valence-corrected chi connectivity index (χ1v) is 39.8. The van der Waals surface area contributed by atoms with Crippen LogP contribution in [0.25, 0.3) is 146 Å². The number of rotatable bonds is 11. The first kappa shape index (κ1) is 65.5. The molecule has 2 spiro atoms. The van der Waals surface area contributed by atoms with Crippen LogP contribution in [0.1, 0.15) is 44.5 Å². The number of fused-ring (bicyclic) bond motifs is 18. The predicted octanol–water partition coefficient (Wildman–Crippen LogP) is 27.3. The van der Waals surface area contributed by atoms with Gasteiger partial charge in [0.05, 0.1) is 33.6 Å². The number of benzene rings is 16. The largest absolute Gasteiger partial charge is 0.228 e. The summed E-state index contributed by atoms with van der Waals surface area (Å²) >= 11 is 3.77. The van der Waals surface area contributed by atoms with E-state index in [1.54, 1.807) is 0 Å². The molecule has 0 N–H and O–H groups in total. The molecule has 522 valence electrons. The van der Waals surface area contributed by atoms with Gasteiger partial charge in [0.2, 0.25) is 0 Å². The summed E-state index contributed by atoms with van der Waals surface area (Å²) in [6.45, 7) is 0. The van der Waals surface area contributed by atoms with Crippen LogP contribution in [-0.4, -0.2) is 19.9 Å². The topological polar surface area (TPSA) is 51.6 Å². The molecule has 112 heavy (non-hydrogen) atoms. The van der Waals surface area contributed by atoms with Crippen molar-refractivity contribution in [2.75, 3.05) is 0 Å². The van der Waals surface area contributed by atoms with Gasteiger partial charge in [-0.25, -0.2) is 19.9 Å². The molecule has 0 fully saturated rings. The molecule has 0 amide bonds. The molecule has 0 saturated carbocycles. The van der Waals surface area contributed by atoms with Gasteiger partial charge in [-0.05, 0) is 165 Å². The number of hydrogen-bond acceptors (Lipinski definition) is 6. The maximum atomic E-state index is 5.39. The van der Waals surface area contributed by atoms with Crippen molar-refractivity contribution in [3.8, 4) is 146 Å². The summed E-state index contributed by atoms with van der Waals surface area (Å²) in [6, 6.07) is 146. The van der Waals surface area contributed by atoms with Gasteiger partial charge in [-0.3, -0.25) is 0 Å². The minimum Gasteiger partial charge on any atom is -0.228 e. The van der Waals surface area contributed by atoms with Crippen LogP contribution in [0.5, 0.6) is 0 Å². The van der Waals surface area contributed by atoms with E-state index in [0.29, 0.717) is 11.6 Å². The first-order chi connectivity index (χ1) is 55.5. The van der Waals surface area contributed by atoms with E-state index < -0.39 is 10.8 Å². The average molecular weight is 1460 g/mol. The Morgan fingerprint density at radius 2 is 0.429 bits per heavy atom. The average Bonchev–Trinajstić information content (AvgIpc) is 1.50. The second-order valence-corrected chi connectivity index (χ2v) is 31.5. The molecule has 2 aliphatic carbocycles. The molecule has 1 atom stereocenters. The molecular weight excluding hydrogens is 1390 g/mol. The van der Waals surface area contributed by atoms with Crippen LogP contribution in [0.15, 0.2) is 420 Å². The molecule has 4 aliphatic rings. The van der Waals surface area contributed by atoms with Crippen LogP contribution in [0.2, 0.25) is 0 Å². The quantitative estimate of drug-likeness (QED) is 0.129. The Morgan fingerprint density at radius 1 is 0.152 bits per heavy atom. The van der Waals surface area contributed by atoms with Gasteiger partial charge < -0.3 is 0 Å². The highest BCUT2D eigenvalue weighted by molar-refractivity contribution is 7.99. The fourth-order valence-electron chi connectivity index (χ4n) is 18.3. The lowest BCUT2D eigenvalue weighted by Crippen LogP contribution is -2.31. The molecule has 0 radical (unpaired) electrons. The molecule has 1 unspecified atom stereocenters. The number of aromatic nitrogens is 4. The molecule has 0 bridgehead atoms. The Bertz CT molecular complexity index is 6690. The van der Waals surface area contributed by atoms with E-state index in [1.165, 1.54) is 114 Å². The van der Waals surface area contributed by atoms with Crippen LogP contribution in [-0.2, 0) is 10.8 Å². The van der Waals surface area contributed by atoms with E-state index in [-0.39, 0.29) is 0 Å². The highest BCUT2D eigenvalue weighted by atomic mass is 32.2. The van der Waals surface area contributed by atoms with E-state index in [0.717, 1.165) is 84.0 Å². The molecule has 18 aromatic rings. The highest BCUT2D eigenvalue weighted by Gasteiger charge is 2.52. The van der Waals surface area contributed by atoms with Crippen molar-refractivity contribution in [3.05, 3.63) is 445 Å². The Balaban J connectivity index is 0.576. The molecule has 2 aliphatic heterocycles.